The van der Waals surface area contributed by atoms with Crippen molar-refractivity contribution in [3.63, 3.8) is 0 Å². The minimum absolute atomic E-state index is 0.0913. The number of likely N-dealkylation sites (tertiary alicyclic amines) is 1. The third-order valence-electron chi connectivity index (χ3n) is 4.13. The summed E-state index contributed by atoms with van der Waals surface area (Å²) in [4.78, 5) is 20.6. The fraction of sp³-hybridized carbons (Fsp3) is 0.500. The van der Waals surface area contributed by atoms with Gasteiger partial charge in [0, 0.05) is 29.9 Å². The van der Waals surface area contributed by atoms with Crippen LogP contribution in [0.3, 0.4) is 0 Å². The first-order valence-electron chi connectivity index (χ1n) is 7.74. The largest absolute Gasteiger partial charge is 0.365 e. The topological polar surface area (TPSA) is 45.2 Å². The van der Waals surface area contributed by atoms with E-state index in [9.17, 15) is 4.79 Å². The van der Waals surface area contributed by atoms with Gasteiger partial charge in [-0.05, 0) is 43.6 Å². The lowest BCUT2D eigenvalue weighted by Crippen LogP contribution is -2.44. The van der Waals surface area contributed by atoms with Crippen LogP contribution < -0.4 is 5.32 Å². The number of thiazole rings is 1. The van der Waals surface area contributed by atoms with Gasteiger partial charge in [-0.25, -0.2) is 4.98 Å². The molecule has 0 saturated carbocycles. The molecule has 1 aliphatic rings. The Balaban J connectivity index is 1.67. The number of hydrogen-bond donors (Lipinski definition) is 1. The number of piperidine rings is 1. The van der Waals surface area contributed by atoms with Crippen molar-refractivity contribution in [3.8, 4) is 0 Å². The Morgan fingerprint density at radius 2 is 2.36 bits per heavy atom. The molecule has 1 unspecified atom stereocenters. The summed E-state index contributed by atoms with van der Waals surface area (Å²) >= 11 is 3.29. The highest BCUT2D eigenvalue weighted by atomic mass is 32.1. The number of carbonyl (C=O) groups excluding carboxylic acids is 1. The zero-order chi connectivity index (χ0) is 15.4. The maximum Gasteiger partial charge on any atom is 0.273 e. The summed E-state index contributed by atoms with van der Waals surface area (Å²) in [5, 5.41) is 7.78. The van der Waals surface area contributed by atoms with Crippen LogP contribution in [0.4, 0.5) is 5.13 Å². The van der Waals surface area contributed by atoms with Gasteiger partial charge in [0.25, 0.3) is 5.91 Å². The standard InChI is InChI=1S/C16H21N3OS2/c1-17-16-18-14(11-22-16)15(20)19-9-3-2-5-12(19)7-8-13-6-4-10-21-13/h4,6,10-12H,2-3,5,7-9H2,1H3,(H,17,18). The van der Waals surface area contributed by atoms with Crippen LogP contribution in [0.15, 0.2) is 22.9 Å². The average molecular weight is 335 g/mol. The molecule has 1 aliphatic heterocycles. The highest BCUT2D eigenvalue weighted by molar-refractivity contribution is 7.13. The zero-order valence-corrected chi connectivity index (χ0v) is 14.4. The van der Waals surface area contributed by atoms with E-state index in [1.807, 2.05) is 17.3 Å². The fourth-order valence-corrected chi connectivity index (χ4v) is 4.34. The second-order valence-corrected chi connectivity index (χ2v) is 7.44. The van der Waals surface area contributed by atoms with Gasteiger partial charge in [-0.15, -0.1) is 22.7 Å². The summed E-state index contributed by atoms with van der Waals surface area (Å²) in [6.07, 6.45) is 5.54. The molecule has 1 fully saturated rings. The maximum absolute atomic E-state index is 12.7. The normalized spacial score (nSPS) is 18.4. The van der Waals surface area contributed by atoms with Crippen molar-refractivity contribution in [1.29, 1.82) is 0 Å². The molecular formula is C16H21N3OS2. The highest BCUT2D eigenvalue weighted by Crippen LogP contribution is 2.25. The van der Waals surface area contributed by atoms with Crippen LogP contribution in [0.5, 0.6) is 0 Å². The van der Waals surface area contributed by atoms with Crippen molar-refractivity contribution < 1.29 is 4.79 Å². The fourth-order valence-electron chi connectivity index (χ4n) is 2.97. The Morgan fingerprint density at radius 1 is 1.45 bits per heavy atom. The summed E-state index contributed by atoms with van der Waals surface area (Å²) in [5.41, 5.74) is 0.581. The Bertz CT molecular complexity index is 609. The first-order chi connectivity index (χ1) is 10.8. The summed E-state index contributed by atoms with van der Waals surface area (Å²) in [7, 11) is 1.83. The summed E-state index contributed by atoms with van der Waals surface area (Å²) in [6.45, 7) is 0.861. The van der Waals surface area contributed by atoms with Crippen LogP contribution in [0.1, 0.15) is 41.0 Å². The van der Waals surface area contributed by atoms with Gasteiger partial charge in [-0.1, -0.05) is 6.07 Å². The first kappa shape index (κ1) is 15.5. The van der Waals surface area contributed by atoms with Crippen molar-refractivity contribution in [3.05, 3.63) is 33.5 Å². The van der Waals surface area contributed by atoms with Gasteiger partial charge in [0.15, 0.2) is 5.13 Å². The SMILES string of the molecule is CNc1nc(C(=O)N2CCCCC2CCc2cccs2)cs1. The summed E-state index contributed by atoms with van der Waals surface area (Å²) < 4.78 is 0. The lowest BCUT2D eigenvalue weighted by atomic mass is 9.97. The van der Waals surface area contributed by atoms with E-state index in [-0.39, 0.29) is 5.91 Å². The molecule has 0 aromatic carbocycles. The Morgan fingerprint density at radius 3 is 3.09 bits per heavy atom. The van der Waals surface area contributed by atoms with E-state index in [4.69, 9.17) is 0 Å². The van der Waals surface area contributed by atoms with Gasteiger partial charge in [0.2, 0.25) is 0 Å². The number of aryl methyl sites for hydroxylation is 1. The number of nitrogens with one attached hydrogen (secondary N) is 1. The summed E-state index contributed by atoms with van der Waals surface area (Å²) in [6, 6.07) is 4.63. The monoisotopic (exact) mass is 335 g/mol. The molecule has 2 aromatic heterocycles. The van der Waals surface area contributed by atoms with Gasteiger partial charge in [0.05, 0.1) is 0 Å². The van der Waals surface area contributed by atoms with Crippen LogP contribution in [0, 0.1) is 0 Å². The maximum atomic E-state index is 12.7. The molecule has 0 bridgehead atoms. The quantitative estimate of drug-likeness (QED) is 0.902. The van der Waals surface area contributed by atoms with Crippen LogP contribution in [0.25, 0.3) is 0 Å². The van der Waals surface area contributed by atoms with Crippen molar-refractivity contribution in [2.75, 3.05) is 18.9 Å². The van der Waals surface area contributed by atoms with E-state index < -0.39 is 0 Å². The molecule has 1 N–H and O–H groups in total. The molecule has 1 atom stereocenters. The lowest BCUT2D eigenvalue weighted by Gasteiger charge is -2.35. The molecule has 2 aromatic rings. The Labute approximate surface area is 139 Å². The third kappa shape index (κ3) is 3.50. The Kier molecular flexibility index (Phi) is 5.10. The zero-order valence-electron chi connectivity index (χ0n) is 12.7. The number of anilines is 1. The second-order valence-electron chi connectivity index (χ2n) is 5.55. The predicted octanol–water partition coefficient (Wildman–Crippen LogP) is 3.87. The number of aromatic nitrogens is 1. The molecule has 3 rings (SSSR count). The molecule has 3 heterocycles. The van der Waals surface area contributed by atoms with E-state index in [1.54, 1.807) is 11.3 Å². The van der Waals surface area contributed by atoms with Gasteiger partial charge in [0.1, 0.15) is 5.69 Å². The highest BCUT2D eigenvalue weighted by Gasteiger charge is 2.28. The van der Waals surface area contributed by atoms with Crippen molar-refractivity contribution in [1.82, 2.24) is 9.88 Å². The second kappa shape index (κ2) is 7.24. The number of hydrogen-bond acceptors (Lipinski definition) is 5. The molecule has 6 heteroatoms. The number of rotatable bonds is 5. The van der Waals surface area contributed by atoms with Gasteiger partial charge in [-0.3, -0.25) is 4.79 Å². The van der Waals surface area contributed by atoms with Gasteiger partial charge >= 0.3 is 0 Å². The summed E-state index contributed by atoms with van der Waals surface area (Å²) in [5.74, 6) is 0.0913. The molecule has 1 amide bonds. The van der Waals surface area contributed by atoms with Gasteiger partial charge < -0.3 is 10.2 Å². The third-order valence-corrected chi connectivity index (χ3v) is 5.93. The van der Waals surface area contributed by atoms with Gasteiger partial charge in [-0.2, -0.15) is 0 Å². The minimum atomic E-state index is 0.0913. The van der Waals surface area contributed by atoms with Crippen LogP contribution in [-0.2, 0) is 6.42 Å². The van der Waals surface area contributed by atoms with E-state index in [2.05, 4.69) is 27.8 Å². The van der Waals surface area contributed by atoms with Crippen molar-refractivity contribution in [2.45, 2.75) is 38.1 Å². The van der Waals surface area contributed by atoms with Crippen molar-refractivity contribution in [2.24, 2.45) is 0 Å². The molecule has 0 radical (unpaired) electrons. The van der Waals surface area contributed by atoms with Crippen LogP contribution >= 0.6 is 22.7 Å². The molecule has 0 spiro atoms. The predicted molar refractivity (Wildman–Crippen MR) is 93.0 cm³/mol. The van der Waals surface area contributed by atoms with Crippen molar-refractivity contribution >= 4 is 33.7 Å². The van der Waals surface area contributed by atoms with Crippen LogP contribution in [0.2, 0.25) is 0 Å². The molecule has 4 nitrogen and oxygen atoms in total. The molecule has 118 valence electrons. The van der Waals surface area contributed by atoms with Crippen LogP contribution in [-0.4, -0.2) is 35.4 Å². The first-order valence-corrected chi connectivity index (χ1v) is 9.50. The molecular weight excluding hydrogens is 314 g/mol. The lowest BCUT2D eigenvalue weighted by molar-refractivity contribution is 0.0597. The van der Waals surface area contributed by atoms with E-state index in [0.29, 0.717) is 11.7 Å². The molecule has 22 heavy (non-hydrogen) atoms. The Hall–Kier alpha value is -1.40. The van der Waals surface area contributed by atoms with E-state index in [0.717, 1.165) is 37.4 Å². The number of carbonyl (C=O) groups is 1. The van der Waals surface area contributed by atoms with E-state index >= 15 is 0 Å². The van der Waals surface area contributed by atoms with E-state index in [1.165, 1.54) is 22.6 Å². The average Bonchev–Trinajstić information content (AvgIpc) is 3.24. The molecule has 1 saturated heterocycles. The number of thiophene rings is 1. The minimum Gasteiger partial charge on any atom is -0.365 e. The number of nitrogens with zero attached hydrogens (tertiary/aromatic N) is 2. The molecule has 0 aliphatic carbocycles. The smallest absolute Gasteiger partial charge is 0.273 e. The number of amides is 1.